The standard InChI is InChI=1S/C24H38N4O3/c1-24(2,3)23(30)27-14-11-18(12-15-27)21-25-26-22(31-21)19-10-6-7-13-28(19)20(29)16-17-8-4-5-9-17/h17-19H,4-16H2,1-3H3/t19-/m1/s1. The van der Waals surface area contributed by atoms with Gasteiger partial charge in [0.1, 0.15) is 6.04 Å². The quantitative estimate of drug-likeness (QED) is 0.705. The lowest BCUT2D eigenvalue weighted by atomic mass is 9.91. The van der Waals surface area contributed by atoms with Crippen molar-refractivity contribution < 1.29 is 14.0 Å². The molecule has 2 saturated heterocycles. The minimum atomic E-state index is -0.347. The molecule has 0 aromatic carbocycles. The number of carbonyl (C=O) groups excluding carboxylic acids is 2. The average Bonchev–Trinajstić information content (AvgIpc) is 3.45. The van der Waals surface area contributed by atoms with Gasteiger partial charge in [-0.05, 0) is 50.9 Å². The predicted octanol–water partition coefficient (Wildman–Crippen LogP) is 4.46. The van der Waals surface area contributed by atoms with Gasteiger partial charge in [0, 0.05) is 37.4 Å². The number of aromatic nitrogens is 2. The van der Waals surface area contributed by atoms with Gasteiger partial charge >= 0.3 is 0 Å². The number of hydrogen-bond acceptors (Lipinski definition) is 5. The maximum atomic E-state index is 13.0. The third-order valence-corrected chi connectivity index (χ3v) is 7.28. The molecule has 172 valence electrons. The summed E-state index contributed by atoms with van der Waals surface area (Å²) in [4.78, 5) is 29.5. The molecule has 1 aliphatic carbocycles. The fourth-order valence-electron chi connectivity index (χ4n) is 5.42. The van der Waals surface area contributed by atoms with Crippen molar-refractivity contribution in [2.45, 2.75) is 96.9 Å². The number of likely N-dealkylation sites (tertiary alicyclic amines) is 2. The van der Waals surface area contributed by atoms with E-state index in [0.717, 1.165) is 51.7 Å². The van der Waals surface area contributed by atoms with Crippen LogP contribution in [-0.4, -0.2) is 51.4 Å². The molecule has 1 saturated carbocycles. The van der Waals surface area contributed by atoms with E-state index in [2.05, 4.69) is 10.2 Å². The molecule has 3 aliphatic rings. The SMILES string of the molecule is CC(C)(C)C(=O)N1CCC(c2nnc([C@H]3CCCCN3C(=O)CC3CCCC3)o2)CC1. The Kier molecular flexibility index (Phi) is 6.68. The highest BCUT2D eigenvalue weighted by molar-refractivity contribution is 5.81. The van der Waals surface area contributed by atoms with Gasteiger partial charge in [-0.15, -0.1) is 10.2 Å². The third kappa shape index (κ3) is 5.12. The van der Waals surface area contributed by atoms with Crippen LogP contribution in [-0.2, 0) is 9.59 Å². The van der Waals surface area contributed by atoms with Crippen LogP contribution in [0.2, 0.25) is 0 Å². The van der Waals surface area contributed by atoms with Crippen LogP contribution in [0.4, 0.5) is 0 Å². The highest BCUT2D eigenvalue weighted by Crippen LogP contribution is 2.36. The summed E-state index contributed by atoms with van der Waals surface area (Å²) in [7, 11) is 0. The van der Waals surface area contributed by atoms with Gasteiger partial charge in [0.05, 0.1) is 0 Å². The number of carbonyl (C=O) groups is 2. The van der Waals surface area contributed by atoms with Crippen LogP contribution in [0.15, 0.2) is 4.42 Å². The summed E-state index contributed by atoms with van der Waals surface area (Å²) in [5.41, 5.74) is -0.347. The summed E-state index contributed by atoms with van der Waals surface area (Å²) in [6.07, 6.45) is 10.3. The second-order valence-corrected chi connectivity index (χ2v) is 10.7. The molecule has 0 spiro atoms. The molecule has 1 aromatic rings. The van der Waals surface area contributed by atoms with E-state index >= 15 is 0 Å². The number of amides is 2. The van der Waals surface area contributed by atoms with E-state index < -0.39 is 0 Å². The van der Waals surface area contributed by atoms with E-state index in [1.54, 1.807) is 0 Å². The molecular formula is C24H38N4O3. The van der Waals surface area contributed by atoms with Crippen molar-refractivity contribution in [3.05, 3.63) is 11.8 Å². The van der Waals surface area contributed by atoms with Crippen LogP contribution in [0.25, 0.3) is 0 Å². The van der Waals surface area contributed by atoms with Gasteiger partial charge in [0.25, 0.3) is 0 Å². The van der Waals surface area contributed by atoms with E-state index in [0.29, 0.717) is 24.1 Å². The van der Waals surface area contributed by atoms with Crippen LogP contribution >= 0.6 is 0 Å². The van der Waals surface area contributed by atoms with Crippen molar-refractivity contribution in [2.24, 2.45) is 11.3 Å². The number of hydrogen-bond donors (Lipinski definition) is 0. The van der Waals surface area contributed by atoms with E-state index in [4.69, 9.17) is 4.42 Å². The molecule has 3 fully saturated rings. The van der Waals surface area contributed by atoms with E-state index in [1.807, 2.05) is 30.6 Å². The van der Waals surface area contributed by atoms with Gasteiger partial charge in [-0.1, -0.05) is 33.6 Å². The van der Waals surface area contributed by atoms with Crippen LogP contribution in [0.1, 0.15) is 109 Å². The fraction of sp³-hybridized carbons (Fsp3) is 0.833. The molecule has 7 heteroatoms. The molecule has 7 nitrogen and oxygen atoms in total. The molecule has 0 radical (unpaired) electrons. The van der Waals surface area contributed by atoms with Crippen molar-refractivity contribution in [2.75, 3.05) is 19.6 Å². The lowest BCUT2D eigenvalue weighted by Gasteiger charge is -2.35. The predicted molar refractivity (Wildman–Crippen MR) is 117 cm³/mol. The van der Waals surface area contributed by atoms with Gasteiger partial charge in [-0.25, -0.2) is 0 Å². The van der Waals surface area contributed by atoms with Crippen LogP contribution in [0, 0.1) is 11.3 Å². The first-order chi connectivity index (χ1) is 14.8. The Balaban J connectivity index is 1.38. The number of nitrogens with zero attached hydrogens (tertiary/aromatic N) is 4. The molecule has 4 rings (SSSR count). The van der Waals surface area contributed by atoms with Gasteiger partial charge in [-0.3, -0.25) is 9.59 Å². The highest BCUT2D eigenvalue weighted by Gasteiger charge is 2.35. The Morgan fingerprint density at radius 3 is 2.23 bits per heavy atom. The summed E-state index contributed by atoms with van der Waals surface area (Å²) < 4.78 is 6.16. The van der Waals surface area contributed by atoms with Crippen LogP contribution in [0.5, 0.6) is 0 Å². The minimum absolute atomic E-state index is 0.0774. The monoisotopic (exact) mass is 430 g/mol. The van der Waals surface area contributed by atoms with Crippen LogP contribution in [0.3, 0.4) is 0 Å². The molecule has 1 aromatic heterocycles. The Bertz CT molecular complexity index is 770. The smallest absolute Gasteiger partial charge is 0.238 e. The van der Waals surface area contributed by atoms with Crippen molar-refractivity contribution in [1.29, 1.82) is 0 Å². The molecule has 1 atom stereocenters. The third-order valence-electron chi connectivity index (χ3n) is 7.28. The average molecular weight is 431 g/mol. The number of piperidine rings is 2. The Morgan fingerprint density at radius 2 is 1.55 bits per heavy atom. The van der Waals surface area contributed by atoms with Crippen molar-refractivity contribution >= 4 is 11.8 Å². The molecule has 2 amide bonds. The van der Waals surface area contributed by atoms with Crippen molar-refractivity contribution in [1.82, 2.24) is 20.0 Å². The summed E-state index contributed by atoms with van der Waals surface area (Å²) >= 11 is 0. The largest absolute Gasteiger partial charge is 0.423 e. The summed E-state index contributed by atoms with van der Waals surface area (Å²) in [5.74, 6) is 2.47. The fourth-order valence-corrected chi connectivity index (χ4v) is 5.42. The summed E-state index contributed by atoms with van der Waals surface area (Å²) in [6.45, 7) is 8.16. The molecule has 0 N–H and O–H groups in total. The Morgan fingerprint density at radius 1 is 0.903 bits per heavy atom. The number of rotatable bonds is 4. The zero-order valence-corrected chi connectivity index (χ0v) is 19.4. The minimum Gasteiger partial charge on any atom is -0.423 e. The van der Waals surface area contributed by atoms with Crippen LogP contribution < -0.4 is 0 Å². The molecule has 3 heterocycles. The van der Waals surface area contributed by atoms with Gasteiger partial charge in [0.2, 0.25) is 23.6 Å². The van der Waals surface area contributed by atoms with E-state index in [1.165, 1.54) is 25.7 Å². The summed E-state index contributed by atoms with van der Waals surface area (Å²) in [5, 5.41) is 8.75. The Hall–Kier alpha value is -1.92. The molecule has 2 aliphatic heterocycles. The van der Waals surface area contributed by atoms with E-state index in [-0.39, 0.29) is 29.2 Å². The molecule has 0 bridgehead atoms. The first kappa shape index (κ1) is 22.3. The summed E-state index contributed by atoms with van der Waals surface area (Å²) in [6, 6.07) is -0.0774. The first-order valence-corrected chi connectivity index (χ1v) is 12.2. The maximum Gasteiger partial charge on any atom is 0.238 e. The topological polar surface area (TPSA) is 79.5 Å². The Labute approximate surface area is 185 Å². The zero-order chi connectivity index (χ0) is 22.0. The maximum absolute atomic E-state index is 13.0. The zero-order valence-electron chi connectivity index (χ0n) is 19.4. The first-order valence-electron chi connectivity index (χ1n) is 12.2. The molecule has 0 unspecified atom stereocenters. The molecular weight excluding hydrogens is 392 g/mol. The molecule has 31 heavy (non-hydrogen) atoms. The lowest BCUT2D eigenvalue weighted by Crippen LogP contribution is -2.43. The second-order valence-electron chi connectivity index (χ2n) is 10.7. The van der Waals surface area contributed by atoms with Gasteiger partial charge in [-0.2, -0.15) is 0 Å². The second kappa shape index (κ2) is 9.29. The van der Waals surface area contributed by atoms with Crippen molar-refractivity contribution in [3.8, 4) is 0 Å². The van der Waals surface area contributed by atoms with Gasteiger partial charge in [0.15, 0.2) is 0 Å². The highest BCUT2D eigenvalue weighted by atomic mass is 16.4. The van der Waals surface area contributed by atoms with Crippen molar-refractivity contribution in [3.63, 3.8) is 0 Å². The van der Waals surface area contributed by atoms with Gasteiger partial charge < -0.3 is 14.2 Å². The van der Waals surface area contributed by atoms with E-state index in [9.17, 15) is 9.59 Å². The normalized spacial score (nSPS) is 24.0. The lowest BCUT2D eigenvalue weighted by molar-refractivity contribution is -0.140.